The van der Waals surface area contributed by atoms with Gasteiger partial charge >= 0.3 is 6.18 Å². The van der Waals surface area contributed by atoms with Gasteiger partial charge < -0.3 is 0 Å². The number of nitriles is 1. The molecule has 80 valence electrons. The van der Waals surface area contributed by atoms with Crippen molar-refractivity contribution in [3.63, 3.8) is 0 Å². The Morgan fingerprint density at radius 2 is 2.00 bits per heavy atom. The fourth-order valence-electron chi connectivity index (χ4n) is 0.868. The van der Waals surface area contributed by atoms with E-state index in [-0.39, 0.29) is 0 Å². The molecule has 5 nitrogen and oxygen atoms in total. The van der Waals surface area contributed by atoms with Gasteiger partial charge in [-0.3, -0.25) is 10.4 Å². The van der Waals surface area contributed by atoms with Crippen molar-refractivity contribution >= 4 is 5.69 Å². The van der Waals surface area contributed by atoms with Gasteiger partial charge in [0.1, 0.15) is 11.8 Å². The van der Waals surface area contributed by atoms with Gasteiger partial charge in [-0.15, -0.1) is 5.23 Å². The zero-order valence-electron chi connectivity index (χ0n) is 7.02. The molecule has 0 bridgehead atoms. The maximum atomic E-state index is 12.3. The van der Waals surface area contributed by atoms with Gasteiger partial charge in [0, 0.05) is 0 Å². The van der Waals surface area contributed by atoms with E-state index < -0.39 is 28.3 Å². The van der Waals surface area contributed by atoms with E-state index in [0.29, 0.717) is 6.07 Å². The molecule has 2 N–H and O–H groups in total. The van der Waals surface area contributed by atoms with Crippen LogP contribution >= 0.6 is 0 Å². The van der Waals surface area contributed by atoms with Gasteiger partial charge in [0.2, 0.25) is 0 Å². The van der Waals surface area contributed by atoms with Crippen molar-refractivity contribution in [1.82, 2.24) is 4.98 Å². The smallest absolute Gasteiger partial charge is 0.264 e. The summed E-state index contributed by atoms with van der Waals surface area (Å²) in [5.41, 5.74) is -2.73. The van der Waals surface area contributed by atoms with Gasteiger partial charge in [-0.25, -0.2) is 4.98 Å². The highest BCUT2D eigenvalue weighted by molar-refractivity contribution is 5.47. The number of alkyl halides is 3. The molecule has 0 radical (unpaired) electrons. The van der Waals surface area contributed by atoms with Crippen LogP contribution in [0.2, 0.25) is 0 Å². The summed E-state index contributed by atoms with van der Waals surface area (Å²) >= 11 is 0. The molecule has 0 aliphatic rings. The number of hydrogen-bond acceptors (Lipinski definition) is 5. The molecule has 0 aliphatic heterocycles. The third-order valence-electron chi connectivity index (χ3n) is 1.52. The second-order valence-electron chi connectivity index (χ2n) is 2.49. The fourth-order valence-corrected chi connectivity index (χ4v) is 0.868. The number of rotatable bonds is 1. The number of aromatic nitrogens is 1. The third-order valence-corrected chi connectivity index (χ3v) is 1.52. The molecule has 1 aromatic rings. The number of anilines is 1. The molecular formula is C7H4F3N3O2. The van der Waals surface area contributed by atoms with E-state index in [0.717, 1.165) is 6.20 Å². The first-order valence-electron chi connectivity index (χ1n) is 3.51. The molecule has 0 unspecified atom stereocenters. The summed E-state index contributed by atoms with van der Waals surface area (Å²) in [6, 6.07) is 1.66. The molecule has 0 atom stereocenters. The van der Waals surface area contributed by atoms with Crippen molar-refractivity contribution in [1.29, 1.82) is 5.26 Å². The van der Waals surface area contributed by atoms with E-state index >= 15 is 0 Å². The van der Waals surface area contributed by atoms with Crippen LogP contribution in [0.1, 0.15) is 11.3 Å². The summed E-state index contributed by atoms with van der Waals surface area (Å²) in [6.45, 7) is 0. The Morgan fingerprint density at radius 3 is 2.40 bits per heavy atom. The first kappa shape index (κ1) is 11.2. The van der Waals surface area contributed by atoms with Gasteiger partial charge in [-0.1, -0.05) is 0 Å². The van der Waals surface area contributed by atoms with Crippen LogP contribution in [0.15, 0.2) is 12.3 Å². The summed E-state index contributed by atoms with van der Waals surface area (Å²) in [4.78, 5) is 3.14. The molecule has 0 saturated carbocycles. The Hall–Kier alpha value is -1.85. The fraction of sp³-hybridized carbons (Fsp3) is 0.143. The van der Waals surface area contributed by atoms with E-state index in [2.05, 4.69) is 4.98 Å². The van der Waals surface area contributed by atoms with Crippen LogP contribution in [0.4, 0.5) is 18.9 Å². The molecule has 15 heavy (non-hydrogen) atoms. The van der Waals surface area contributed by atoms with Crippen molar-refractivity contribution in [2.24, 2.45) is 0 Å². The second-order valence-corrected chi connectivity index (χ2v) is 2.49. The number of nitrogens with zero attached hydrogens (tertiary/aromatic N) is 3. The molecule has 0 spiro atoms. The lowest BCUT2D eigenvalue weighted by Gasteiger charge is -2.12. The SMILES string of the molecule is N#Cc1ncc(N(O)O)cc1C(F)(F)F. The van der Waals surface area contributed by atoms with Gasteiger partial charge in [0.05, 0.1) is 11.8 Å². The molecule has 0 amide bonds. The van der Waals surface area contributed by atoms with Crippen LogP contribution < -0.4 is 5.23 Å². The molecule has 8 heteroatoms. The highest BCUT2D eigenvalue weighted by Gasteiger charge is 2.35. The highest BCUT2D eigenvalue weighted by Crippen LogP contribution is 2.32. The summed E-state index contributed by atoms with van der Waals surface area (Å²) in [5, 5.41) is 24.8. The van der Waals surface area contributed by atoms with Crippen LogP contribution in [0.3, 0.4) is 0 Å². The lowest BCUT2D eigenvalue weighted by Crippen LogP contribution is -2.15. The predicted molar refractivity (Wildman–Crippen MR) is 40.0 cm³/mol. The Morgan fingerprint density at radius 1 is 1.40 bits per heavy atom. The minimum absolute atomic E-state index is 0.408. The van der Waals surface area contributed by atoms with E-state index in [9.17, 15) is 13.2 Å². The molecule has 0 aliphatic carbocycles. The molecule has 1 aromatic heterocycles. The maximum absolute atomic E-state index is 12.3. The van der Waals surface area contributed by atoms with Crippen LogP contribution in [-0.2, 0) is 6.18 Å². The standard InChI is InChI=1S/C7H4F3N3O2/c8-7(9,10)5-1-4(13(14)15)3-12-6(5)2-11/h1,3,14-15H. The van der Waals surface area contributed by atoms with E-state index in [4.69, 9.17) is 15.7 Å². The Labute approximate surface area is 81.5 Å². The van der Waals surface area contributed by atoms with Gasteiger partial charge in [0.15, 0.2) is 5.69 Å². The number of hydrogen-bond donors (Lipinski definition) is 2. The molecule has 0 fully saturated rings. The topological polar surface area (TPSA) is 80.4 Å². The average Bonchev–Trinajstić information content (AvgIpc) is 2.15. The maximum Gasteiger partial charge on any atom is 0.419 e. The summed E-state index contributed by atoms with van der Waals surface area (Å²) < 4.78 is 36.9. The number of pyridine rings is 1. The first-order chi connectivity index (χ1) is 6.86. The minimum Gasteiger partial charge on any atom is -0.264 e. The molecule has 1 rings (SSSR count). The van der Waals surface area contributed by atoms with Crippen molar-refractivity contribution < 1.29 is 23.6 Å². The number of halogens is 3. The van der Waals surface area contributed by atoms with E-state index in [1.807, 2.05) is 0 Å². The summed E-state index contributed by atoms with van der Waals surface area (Å²) in [7, 11) is 0. The van der Waals surface area contributed by atoms with Crippen molar-refractivity contribution in [3.05, 3.63) is 23.5 Å². The molecular weight excluding hydrogens is 215 g/mol. The Bertz CT molecular complexity index is 411. The minimum atomic E-state index is -4.77. The third kappa shape index (κ3) is 2.34. The van der Waals surface area contributed by atoms with Gasteiger partial charge in [-0.05, 0) is 6.07 Å². The Balaban J connectivity index is 3.34. The van der Waals surface area contributed by atoms with Crippen LogP contribution in [0, 0.1) is 11.3 Å². The Kier molecular flexibility index (Phi) is 2.78. The first-order valence-corrected chi connectivity index (χ1v) is 3.51. The van der Waals surface area contributed by atoms with Crippen LogP contribution in [-0.4, -0.2) is 15.4 Å². The van der Waals surface area contributed by atoms with Crippen molar-refractivity contribution in [2.45, 2.75) is 6.18 Å². The zero-order valence-corrected chi connectivity index (χ0v) is 7.02. The van der Waals surface area contributed by atoms with Crippen molar-refractivity contribution in [3.8, 4) is 6.07 Å². The average molecular weight is 219 g/mol. The van der Waals surface area contributed by atoms with E-state index in [1.165, 1.54) is 6.07 Å². The van der Waals surface area contributed by atoms with Crippen LogP contribution in [0.25, 0.3) is 0 Å². The predicted octanol–water partition coefficient (Wildman–Crippen LogP) is 1.56. The molecule has 0 saturated heterocycles. The largest absolute Gasteiger partial charge is 0.419 e. The molecule has 1 heterocycles. The van der Waals surface area contributed by atoms with Crippen molar-refractivity contribution in [2.75, 3.05) is 5.23 Å². The van der Waals surface area contributed by atoms with Crippen LogP contribution in [0.5, 0.6) is 0 Å². The lowest BCUT2D eigenvalue weighted by atomic mass is 10.2. The van der Waals surface area contributed by atoms with E-state index in [1.54, 1.807) is 0 Å². The lowest BCUT2D eigenvalue weighted by molar-refractivity contribution is -0.138. The quantitative estimate of drug-likeness (QED) is 0.700. The zero-order chi connectivity index (χ0) is 11.6. The monoisotopic (exact) mass is 219 g/mol. The van der Waals surface area contributed by atoms with Gasteiger partial charge in [0.25, 0.3) is 0 Å². The van der Waals surface area contributed by atoms with Gasteiger partial charge in [-0.2, -0.15) is 18.4 Å². The summed E-state index contributed by atoms with van der Waals surface area (Å²) in [6.07, 6.45) is -4.04. The normalized spacial score (nSPS) is 10.9. The second kappa shape index (κ2) is 3.72. The highest BCUT2D eigenvalue weighted by atomic mass is 19.4. The molecule has 0 aromatic carbocycles. The summed E-state index contributed by atoms with van der Waals surface area (Å²) in [5.74, 6) is 0.